The minimum absolute atomic E-state index is 0.239. The fourth-order valence-corrected chi connectivity index (χ4v) is 2.63. The molecular formula is C12H17ClN6. The lowest BCUT2D eigenvalue weighted by Gasteiger charge is -2.22. The summed E-state index contributed by atoms with van der Waals surface area (Å²) in [5.74, 6) is 0.812. The van der Waals surface area contributed by atoms with Gasteiger partial charge in [-0.2, -0.15) is 9.97 Å². The third-order valence-electron chi connectivity index (χ3n) is 3.55. The highest BCUT2D eigenvalue weighted by Crippen LogP contribution is 2.21. The predicted molar refractivity (Wildman–Crippen MR) is 75.6 cm³/mol. The Morgan fingerprint density at radius 2 is 2.16 bits per heavy atom. The van der Waals surface area contributed by atoms with E-state index in [1.807, 2.05) is 7.05 Å². The summed E-state index contributed by atoms with van der Waals surface area (Å²) in [6.07, 6.45) is 4.25. The first kappa shape index (κ1) is 12.6. The van der Waals surface area contributed by atoms with E-state index in [0.717, 1.165) is 24.4 Å². The molecule has 6 nitrogen and oxygen atoms in total. The molecule has 1 aliphatic heterocycles. The molecule has 19 heavy (non-hydrogen) atoms. The number of H-pyrrole nitrogens is 1. The van der Waals surface area contributed by atoms with Crippen molar-refractivity contribution < 1.29 is 0 Å². The Bertz CT molecular complexity index is 562. The van der Waals surface area contributed by atoms with Gasteiger partial charge in [-0.05, 0) is 37.5 Å². The molecule has 1 N–H and O–H groups in total. The van der Waals surface area contributed by atoms with E-state index in [1.165, 1.54) is 25.9 Å². The third-order valence-corrected chi connectivity index (χ3v) is 3.72. The molecule has 3 heterocycles. The average Bonchev–Trinajstić information content (AvgIpc) is 3.05. The second-order valence-electron chi connectivity index (χ2n) is 4.89. The Kier molecular flexibility index (Phi) is 3.52. The number of nitrogens with one attached hydrogen (secondary N) is 1. The Morgan fingerprint density at radius 3 is 2.95 bits per heavy atom. The molecule has 0 atom stereocenters. The topological polar surface area (TPSA) is 60.9 Å². The molecule has 7 heteroatoms. The van der Waals surface area contributed by atoms with Gasteiger partial charge in [0.15, 0.2) is 11.5 Å². The minimum atomic E-state index is 0.239. The standard InChI is InChI=1S/C12H17ClN6/c1-18(6-7-19-4-2-3-5-19)11-9-10(15-8-14-9)16-12(13)17-11/h8H,2-7H2,1H3,(H,14,15,16,17). The highest BCUT2D eigenvalue weighted by molar-refractivity contribution is 6.28. The number of likely N-dealkylation sites (N-methyl/N-ethyl adjacent to an activating group) is 1. The number of rotatable bonds is 4. The van der Waals surface area contributed by atoms with Crippen LogP contribution in [0.15, 0.2) is 6.33 Å². The SMILES string of the molecule is CN(CCN1CCCC1)c1nc(Cl)nc2nc[nH]c12. The highest BCUT2D eigenvalue weighted by Gasteiger charge is 2.15. The lowest BCUT2D eigenvalue weighted by atomic mass is 10.4. The van der Waals surface area contributed by atoms with Crippen LogP contribution in [0.25, 0.3) is 11.2 Å². The van der Waals surface area contributed by atoms with Crippen LogP contribution in [0.2, 0.25) is 5.28 Å². The van der Waals surface area contributed by atoms with E-state index in [9.17, 15) is 0 Å². The molecule has 1 fully saturated rings. The maximum atomic E-state index is 5.94. The number of imidazole rings is 1. The molecule has 3 rings (SSSR count). The number of nitrogens with zero attached hydrogens (tertiary/aromatic N) is 5. The Morgan fingerprint density at radius 1 is 1.37 bits per heavy atom. The van der Waals surface area contributed by atoms with Gasteiger partial charge in [-0.3, -0.25) is 0 Å². The Balaban J connectivity index is 1.76. The van der Waals surface area contributed by atoms with E-state index in [2.05, 4.69) is 29.7 Å². The molecule has 0 saturated carbocycles. The van der Waals surface area contributed by atoms with Gasteiger partial charge in [-0.25, -0.2) is 4.98 Å². The molecule has 2 aromatic heterocycles. The van der Waals surface area contributed by atoms with Crippen molar-refractivity contribution in [1.82, 2.24) is 24.8 Å². The summed E-state index contributed by atoms with van der Waals surface area (Å²) in [5, 5.41) is 0.239. The van der Waals surface area contributed by atoms with Crippen LogP contribution in [0.1, 0.15) is 12.8 Å². The van der Waals surface area contributed by atoms with Crippen molar-refractivity contribution in [3.05, 3.63) is 11.6 Å². The average molecular weight is 281 g/mol. The van der Waals surface area contributed by atoms with Crippen LogP contribution in [-0.4, -0.2) is 58.1 Å². The van der Waals surface area contributed by atoms with Crippen molar-refractivity contribution in [2.45, 2.75) is 12.8 Å². The van der Waals surface area contributed by atoms with Crippen molar-refractivity contribution in [3.8, 4) is 0 Å². The molecule has 1 aliphatic rings. The van der Waals surface area contributed by atoms with Crippen LogP contribution >= 0.6 is 11.6 Å². The van der Waals surface area contributed by atoms with Crippen LogP contribution in [0.3, 0.4) is 0 Å². The van der Waals surface area contributed by atoms with Gasteiger partial charge in [0.1, 0.15) is 5.52 Å². The van der Waals surface area contributed by atoms with Gasteiger partial charge in [0.05, 0.1) is 6.33 Å². The number of fused-ring (bicyclic) bond motifs is 1. The van der Waals surface area contributed by atoms with E-state index in [4.69, 9.17) is 11.6 Å². The summed E-state index contributed by atoms with van der Waals surface area (Å²) in [6, 6.07) is 0. The zero-order chi connectivity index (χ0) is 13.2. The van der Waals surface area contributed by atoms with Crippen molar-refractivity contribution in [2.75, 3.05) is 38.1 Å². The zero-order valence-corrected chi connectivity index (χ0v) is 11.7. The second kappa shape index (κ2) is 5.30. The number of hydrogen-bond acceptors (Lipinski definition) is 5. The molecule has 0 unspecified atom stereocenters. The summed E-state index contributed by atoms with van der Waals surface area (Å²) >= 11 is 5.94. The first-order valence-corrected chi connectivity index (χ1v) is 6.92. The monoisotopic (exact) mass is 280 g/mol. The number of anilines is 1. The van der Waals surface area contributed by atoms with E-state index in [1.54, 1.807) is 6.33 Å². The summed E-state index contributed by atoms with van der Waals surface area (Å²) < 4.78 is 0. The number of aromatic nitrogens is 4. The Hall–Kier alpha value is -1.40. The molecule has 0 aromatic carbocycles. The maximum Gasteiger partial charge on any atom is 0.226 e. The molecule has 0 amide bonds. The van der Waals surface area contributed by atoms with Crippen molar-refractivity contribution >= 4 is 28.6 Å². The Labute approximate surface area is 116 Å². The van der Waals surface area contributed by atoms with Crippen molar-refractivity contribution in [2.24, 2.45) is 0 Å². The molecule has 102 valence electrons. The first-order chi connectivity index (χ1) is 9.24. The summed E-state index contributed by atoms with van der Waals surface area (Å²) in [4.78, 5) is 20.2. The number of hydrogen-bond donors (Lipinski definition) is 1. The molecule has 0 radical (unpaired) electrons. The van der Waals surface area contributed by atoms with E-state index in [-0.39, 0.29) is 5.28 Å². The largest absolute Gasteiger partial charge is 0.356 e. The predicted octanol–water partition coefficient (Wildman–Crippen LogP) is 1.54. The molecular weight excluding hydrogens is 264 g/mol. The van der Waals surface area contributed by atoms with Gasteiger partial charge in [-0.15, -0.1) is 0 Å². The van der Waals surface area contributed by atoms with Crippen LogP contribution in [0.5, 0.6) is 0 Å². The molecule has 0 bridgehead atoms. The number of halogens is 1. The molecule has 0 spiro atoms. The van der Waals surface area contributed by atoms with Gasteiger partial charge < -0.3 is 14.8 Å². The molecule has 0 aliphatic carbocycles. The zero-order valence-electron chi connectivity index (χ0n) is 10.9. The molecule has 2 aromatic rings. The van der Waals surface area contributed by atoms with Gasteiger partial charge in [0, 0.05) is 20.1 Å². The van der Waals surface area contributed by atoms with Crippen LogP contribution in [0, 0.1) is 0 Å². The smallest absolute Gasteiger partial charge is 0.226 e. The minimum Gasteiger partial charge on any atom is -0.356 e. The van der Waals surface area contributed by atoms with E-state index < -0.39 is 0 Å². The van der Waals surface area contributed by atoms with Crippen molar-refractivity contribution in [3.63, 3.8) is 0 Å². The number of likely N-dealkylation sites (tertiary alicyclic amines) is 1. The highest BCUT2D eigenvalue weighted by atomic mass is 35.5. The summed E-state index contributed by atoms with van der Waals surface area (Å²) in [6.45, 7) is 4.38. The third kappa shape index (κ3) is 2.64. The lowest BCUT2D eigenvalue weighted by Crippen LogP contribution is -2.32. The lowest BCUT2D eigenvalue weighted by molar-refractivity contribution is 0.346. The van der Waals surface area contributed by atoms with Gasteiger partial charge in [-0.1, -0.05) is 0 Å². The van der Waals surface area contributed by atoms with Crippen LogP contribution in [0.4, 0.5) is 5.82 Å². The first-order valence-electron chi connectivity index (χ1n) is 6.54. The quantitative estimate of drug-likeness (QED) is 0.861. The maximum absolute atomic E-state index is 5.94. The number of aromatic amines is 1. The van der Waals surface area contributed by atoms with Gasteiger partial charge >= 0.3 is 0 Å². The van der Waals surface area contributed by atoms with Crippen LogP contribution in [-0.2, 0) is 0 Å². The summed E-state index contributed by atoms with van der Waals surface area (Å²) in [7, 11) is 2.02. The summed E-state index contributed by atoms with van der Waals surface area (Å²) in [5.41, 5.74) is 1.45. The molecule has 1 saturated heterocycles. The van der Waals surface area contributed by atoms with E-state index in [0.29, 0.717) is 5.65 Å². The van der Waals surface area contributed by atoms with E-state index >= 15 is 0 Å². The normalized spacial score (nSPS) is 16.3. The van der Waals surface area contributed by atoms with Gasteiger partial charge in [0.2, 0.25) is 5.28 Å². The fraction of sp³-hybridized carbons (Fsp3) is 0.583. The van der Waals surface area contributed by atoms with Crippen molar-refractivity contribution in [1.29, 1.82) is 0 Å². The fourth-order valence-electron chi connectivity index (χ4n) is 2.47. The van der Waals surface area contributed by atoms with Gasteiger partial charge in [0.25, 0.3) is 0 Å². The second-order valence-corrected chi connectivity index (χ2v) is 5.23. The van der Waals surface area contributed by atoms with Crippen LogP contribution < -0.4 is 4.90 Å².